The molecule has 0 spiro atoms. The van der Waals surface area contributed by atoms with E-state index < -0.39 is 67.0 Å². The van der Waals surface area contributed by atoms with Crippen LogP contribution in [0.1, 0.15) is 29.4 Å². The van der Waals surface area contributed by atoms with E-state index >= 15 is 0 Å². The number of thiophene rings is 1. The van der Waals surface area contributed by atoms with E-state index in [1.807, 2.05) is 0 Å². The van der Waals surface area contributed by atoms with Gasteiger partial charge in [0.1, 0.15) is 19.0 Å². The minimum Gasteiger partial charge on any atom is -0.481 e. The lowest BCUT2D eigenvalue weighted by atomic mass is 10.2. The molecule has 0 bridgehead atoms. The van der Waals surface area contributed by atoms with Gasteiger partial charge in [0.05, 0.1) is 35.1 Å². The van der Waals surface area contributed by atoms with Gasteiger partial charge in [-0.3, -0.25) is 33.7 Å². The fraction of sp³-hybridized carbons (Fsp3) is 0.261. The summed E-state index contributed by atoms with van der Waals surface area (Å²) < 4.78 is 0. The Morgan fingerprint density at radius 2 is 1.83 bits per heavy atom. The van der Waals surface area contributed by atoms with E-state index in [4.69, 9.17) is 5.11 Å². The lowest BCUT2D eigenvalue weighted by Gasteiger charge is -2.29. The third kappa shape index (κ3) is 5.99. The molecule has 1 aromatic heterocycles. The number of amides is 4. The monoisotopic (exact) mass is 514 g/mol. The van der Waals surface area contributed by atoms with E-state index in [9.17, 15) is 33.6 Å². The SMILES string of the molecule is CC(=O)N1c2ccccc2N(CC(=O)N[C@H](C=O)CC(=O)O)C(=O)C[C@H]1NC(=O)C(=O)c1cccs1. The van der Waals surface area contributed by atoms with Crippen LogP contribution in [-0.4, -0.2) is 65.5 Å². The second-order valence-electron chi connectivity index (χ2n) is 7.77. The molecule has 2 aromatic rings. The Balaban J connectivity index is 1.90. The number of para-hydroxylation sites is 2. The molecule has 1 aliphatic rings. The highest BCUT2D eigenvalue weighted by molar-refractivity contribution is 7.13. The van der Waals surface area contributed by atoms with Crippen molar-refractivity contribution in [3.8, 4) is 0 Å². The number of hydrogen-bond donors (Lipinski definition) is 3. The van der Waals surface area contributed by atoms with Crippen molar-refractivity contribution in [2.45, 2.75) is 32.0 Å². The summed E-state index contributed by atoms with van der Waals surface area (Å²) in [5.74, 6) is -5.12. The molecule has 2 heterocycles. The van der Waals surface area contributed by atoms with Gasteiger partial charge < -0.3 is 25.4 Å². The molecular weight excluding hydrogens is 492 g/mol. The number of nitrogens with one attached hydrogen (secondary N) is 2. The third-order valence-electron chi connectivity index (χ3n) is 5.21. The number of hydrogen-bond acceptors (Lipinski definition) is 8. The highest BCUT2D eigenvalue weighted by atomic mass is 32.1. The van der Waals surface area contributed by atoms with Crippen molar-refractivity contribution in [1.82, 2.24) is 10.6 Å². The average Bonchev–Trinajstić information content (AvgIpc) is 3.33. The number of nitrogens with zero attached hydrogens (tertiary/aromatic N) is 2. The number of Topliss-reactive ketones (excluding diaryl/α,β-unsaturated/α-hetero) is 1. The van der Waals surface area contributed by atoms with E-state index in [0.717, 1.165) is 21.1 Å². The minimum absolute atomic E-state index is 0.176. The number of aliphatic carboxylic acids is 1. The molecule has 0 saturated carbocycles. The number of ketones is 1. The Morgan fingerprint density at radius 1 is 1.14 bits per heavy atom. The predicted octanol–water partition coefficient (Wildman–Crippen LogP) is 0.321. The first kappa shape index (κ1) is 26.2. The maximum atomic E-state index is 13.2. The molecule has 0 radical (unpaired) electrons. The summed E-state index contributed by atoms with van der Waals surface area (Å²) in [6, 6.07) is 7.95. The summed E-state index contributed by atoms with van der Waals surface area (Å²) in [5, 5.41) is 15.2. The van der Waals surface area contributed by atoms with Gasteiger partial charge in [0.15, 0.2) is 0 Å². The molecule has 3 N–H and O–H groups in total. The van der Waals surface area contributed by atoms with Gasteiger partial charge in [0.25, 0.3) is 11.7 Å². The number of carbonyl (C=O) groups is 7. The zero-order valence-corrected chi connectivity index (χ0v) is 19.8. The van der Waals surface area contributed by atoms with Crippen molar-refractivity contribution in [3.05, 3.63) is 46.7 Å². The first-order chi connectivity index (χ1) is 17.1. The van der Waals surface area contributed by atoms with Crippen LogP contribution < -0.4 is 20.4 Å². The largest absolute Gasteiger partial charge is 0.481 e. The Bertz CT molecular complexity index is 1210. The van der Waals surface area contributed by atoms with Crippen molar-refractivity contribution < 1.29 is 38.7 Å². The molecule has 0 fully saturated rings. The normalized spacial score (nSPS) is 15.8. The van der Waals surface area contributed by atoms with Gasteiger partial charge in [-0.25, -0.2) is 0 Å². The van der Waals surface area contributed by atoms with Crippen LogP contribution in [-0.2, 0) is 28.8 Å². The van der Waals surface area contributed by atoms with Crippen LogP contribution in [0.3, 0.4) is 0 Å². The number of benzene rings is 1. The average molecular weight is 515 g/mol. The first-order valence-corrected chi connectivity index (χ1v) is 11.5. The Hall–Kier alpha value is -4.39. The highest BCUT2D eigenvalue weighted by Crippen LogP contribution is 2.34. The minimum atomic E-state index is -1.30. The zero-order chi connectivity index (χ0) is 26.4. The van der Waals surface area contributed by atoms with Crippen molar-refractivity contribution in [3.63, 3.8) is 0 Å². The van der Waals surface area contributed by atoms with Gasteiger partial charge in [-0.15, -0.1) is 11.3 Å². The van der Waals surface area contributed by atoms with Crippen LogP contribution in [0.2, 0.25) is 0 Å². The molecule has 188 valence electrons. The van der Waals surface area contributed by atoms with Gasteiger partial charge in [-0.05, 0) is 23.6 Å². The molecule has 2 atom stereocenters. The van der Waals surface area contributed by atoms with Crippen molar-refractivity contribution in [2.24, 2.45) is 0 Å². The summed E-state index contributed by atoms with van der Waals surface area (Å²) in [6.45, 7) is 0.644. The first-order valence-electron chi connectivity index (χ1n) is 10.7. The lowest BCUT2D eigenvalue weighted by molar-refractivity contribution is -0.139. The number of carboxylic acid groups (broad SMARTS) is 1. The summed E-state index contributed by atoms with van der Waals surface area (Å²) >= 11 is 1.07. The second kappa shape index (κ2) is 11.4. The molecule has 36 heavy (non-hydrogen) atoms. The topological polar surface area (TPSA) is 170 Å². The molecule has 0 saturated heterocycles. The maximum Gasteiger partial charge on any atom is 0.305 e. The third-order valence-corrected chi connectivity index (χ3v) is 6.08. The zero-order valence-electron chi connectivity index (χ0n) is 19.0. The Kier molecular flexibility index (Phi) is 8.27. The fourth-order valence-corrected chi connectivity index (χ4v) is 4.36. The van der Waals surface area contributed by atoms with E-state index in [1.165, 1.54) is 25.1 Å². The van der Waals surface area contributed by atoms with Gasteiger partial charge >= 0.3 is 5.97 Å². The maximum absolute atomic E-state index is 13.2. The molecule has 0 aliphatic carbocycles. The van der Waals surface area contributed by atoms with Crippen LogP contribution in [0.4, 0.5) is 11.4 Å². The molecule has 3 rings (SSSR count). The standard InChI is InChI=1S/C23H22N4O8S/c1-13(29)27-16-6-3-2-5-15(16)26(11-19(30)24-14(12-28)9-21(32)33)20(31)10-18(27)25-23(35)22(34)17-7-4-8-36-17/h2-8,12,14,18H,9-11H2,1H3,(H,24,30)(H,25,35)(H,32,33)/t14-,18-/m0/s1. The Labute approximate surface area is 208 Å². The quantitative estimate of drug-likeness (QED) is 0.244. The van der Waals surface area contributed by atoms with Crippen molar-refractivity contribution in [1.29, 1.82) is 0 Å². The summed E-state index contributed by atoms with van der Waals surface area (Å²) in [7, 11) is 0. The molecule has 13 heteroatoms. The van der Waals surface area contributed by atoms with Crippen LogP contribution in [0.15, 0.2) is 41.8 Å². The Morgan fingerprint density at radius 3 is 2.42 bits per heavy atom. The predicted molar refractivity (Wildman–Crippen MR) is 127 cm³/mol. The molecule has 0 unspecified atom stereocenters. The molecule has 1 aliphatic heterocycles. The van der Waals surface area contributed by atoms with E-state index in [2.05, 4.69) is 10.6 Å². The van der Waals surface area contributed by atoms with Gasteiger partial charge in [-0.2, -0.15) is 0 Å². The smallest absolute Gasteiger partial charge is 0.305 e. The summed E-state index contributed by atoms with van der Waals surface area (Å²) in [5.41, 5.74) is 0.380. The molecule has 1 aromatic carbocycles. The van der Waals surface area contributed by atoms with E-state index in [1.54, 1.807) is 23.6 Å². The number of anilines is 2. The van der Waals surface area contributed by atoms with Crippen LogP contribution in [0.5, 0.6) is 0 Å². The molecular formula is C23H22N4O8S. The summed E-state index contributed by atoms with van der Waals surface area (Å²) in [4.78, 5) is 87.9. The fourth-order valence-electron chi connectivity index (χ4n) is 3.70. The summed E-state index contributed by atoms with van der Waals surface area (Å²) in [6.07, 6.45) is -2.05. The van der Waals surface area contributed by atoms with Gasteiger partial charge in [-0.1, -0.05) is 18.2 Å². The number of fused-ring (bicyclic) bond motifs is 1. The highest BCUT2D eigenvalue weighted by Gasteiger charge is 2.37. The van der Waals surface area contributed by atoms with Crippen LogP contribution in [0.25, 0.3) is 0 Å². The second-order valence-corrected chi connectivity index (χ2v) is 8.71. The van der Waals surface area contributed by atoms with Gasteiger partial charge in [0.2, 0.25) is 17.7 Å². The number of carboxylic acids is 1. The van der Waals surface area contributed by atoms with Crippen LogP contribution >= 0.6 is 11.3 Å². The molecule has 4 amide bonds. The number of aldehydes is 1. The number of rotatable bonds is 9. The van der Waals surface area contributed by atoms with Gasteiger partial charge in [0, 0.05) is 6.92 Å². The number of carbonyl (C=O) groups excluding carboxylic acids is 6. The lowest BCUT2D eigenvalue weighted by Crippen LogP contribution is -2.53. The van der Waals surface area contributed by atoms with Crippen molar-refractivity contribution >= 4 is 64.4 Å². The van der Waals surface area contributed by atoms with E-state index in [-0.39, 0.29) is 22.5 Å². The molecule has 12 nitrogen and oxygen atoms in total. The van der Waals surface area contributed by atoms with E-state index in [0.29, 0.717) is 0 Å². The van der Waals surface area contributed by atoms with Crippen LogP contribution in [0, 0.1) is 0 Å². The van der Waals surface area contributed by atoms with Crippen molar-refractivity contribution in [2.75, 3.05) is 16.3 Å².